The maximum Gasteiger partial charge on any atom is 0.231 e. The van der Waals surface area contributed by atoms with Crippen LogP contribution >= 0.6 is 23.3 Å². The highest BCUT2D eigenvalue weighted by Crippen LogP contribution is 2.36. The van der Waals surface area contributed by atoms with Gasteiger partial charge in [0.15, 0.2) is 21.7 Å². The molecule has 4 nitrogen and oxygen atoms in total. The number of thioether (sulfide) groups is 1. The first kappa shape index (κ1) is 14.5. The Morgan fingerprint density at radius 3 is 2.78 bits per heavy atom. The fourth-order valence-corrected chi connectivity index (χ4v) is 3.72. The molecule has 0 aliphatic carbocycles. The van der Waals surface area contributed by atoms with Crippen LogP contribution < -0.4 is 9.47 Å². The van der Waals surface area contributed by atoms with E-state index >= 15 is 0 Å². The highest BCUT2D eigenvalue weighted by molar-refractivity contribution is 8.00. The molecule has 1 aromatic heterocycles. The SMILES string of the molecule is Fc1ccc(CSc2nc(-c3ccc4c(c3)OCO4)ns2)cc1. The van der Waals surface area contributed by atoms with E-state index in [4.69, 9.17) is 9.47 Å². The van der Waals surface area contributed by atoms with Gasteiger partial charge in [0.2, 0.25) is 6.79 Å². The fourth-order valence-electron chi connectivity index (χ4n) is 2.15. The molecule has 1 aliphatic heterocycles. The van der Waals surface area contributed by atoms with E-state index in [1.165, 1.54) is 23.7 Å². The van der Waals surface area contributed by atoms with E-state index in [1.54, 1.807) is 23.9 Å². The molecule has 3 aromatic rings. The summed E-state index contributed by atoms with van der Waals surface area (Å²) in [5.74, 6) is 2.65. The van der Waals surface area contributed by atoms with Gasteiger partial charge >= 0.3 is 0 Å². The minimum atomic E-state index is -0.222. The Kier molecular flexibility index (Phi) is 3.88. The van der Waals surface area contributed by atoms with Crippen LogP contribution in [0.1, 0.15) is 5.56 Å². The van der Waals surface area contributed by atoms with Gasteiger partial charge in [-0.2, -0.15) is 4.37 Å². The molecule has 0 unspecified atom stereocenters. The molecule has 2 heterocycles. The maximum absolute atomic E-state index is 12.9. The third-order valence-corrected chi connectivity index (χ3v) is 5.22. The van der Waals surface area contributed by atoms with Crippen molar-refractivity contribution in [2.75, 3.05) is 6.79 Å². The predicted molar refractivity (Wildman–Crippen MR) is 87.4 cm³/mol. The van der Waals surface area contributed by atoms with Crippen molar-refractivity contribution in [1.82, 2.24) is 9.36 Å². The molecular weight excluding hydrogens is 335 g/mol. The summed E-state index contributed by atoms with van der Waals surface area (Å²) in [5.41, 5.74) is 1.95. The monoisotopic (exact) mass is 346 g/mol. The molecule has 2 aromatic carbocycles. The van der Waals surface area contributed by atoms with Crippen LogP contribution in [-0.2, 0) is 5.75 Å². The lowest BCUT2D eigenvalue weighted by atomic mass is 10.2. The van der Waals surface area contributed by atoms with Crippen molar-refractivity contribution in [2.45, 2.75) is 10.1 Å². The van der Waals surface area contributed by atoms with Crippen molar-refractivity contribution in [3.63, 3.8) is 0 Å². The Bertz CT molecular complexity index is 836. The smallest absolute Gasteiger partial charge is 0.231 e. The molecule has 0 N–H and O–H groups in total. The molecule has 1 aliphatic rings. The van der Waals surface area contributed by atoms with E-state index in [0.29, 0.717) is 5.82 Å². The second kappa shape index (κ2) is 6.17. The molecular formula is C16H11FN2O2S2. The van der Waals surface area contributed by atoms with Gasteiger partial charge in [-0.3, -0.25) is 0 Å². The van der Waals surface area contributed by atoms with Crippen LogP contribution in [0, 0.1) is 5.82 Å². The summed E-state index contributed by atoms with van der Waals surface area (Å²) in [6.07, 6.45) is 0. The van der Waals surface area contributed by atoms with Crippen LogP contribution in [-0.4, -0.2) is 16.2 Å². The Morgan fingerprint density at radius 2 is 1.91 bits per heavy atom. The summed E-state index contributed by atoms with van der Waals surface area (Å²) in [5, 5.41) is 0. The number of nitrogens with zero attached hydrogens (tertiary/aromatic N) is 2. The molecule has 0 radical (unpaired) electrons. The fraction of sp³-hybridized carbons (Fsp3) is 0.125. The molecule has 0 atom stereocenters. The van der Waals surface area contributed by atoms with Crippen molar-refractivity contribution in [3.05, 3.63) is 53.8 Å². The maximum atomic E-state index is 12.9. The number of rotatable bonds is 4. The average Bonchev–Trinajstić information content (AvgIpc) is 3.22. The van der Waals surface area contributed by atoms with Crippen LogP contribution in [0.3, 0.4) is 0 Å². The first-order valence-corrected chi connectivity index (χ1v) is 8.65. The van der Waals surface area contributed by atoms with E-state index in [0.717, 1.165) is 32.7 Å². The van der Waals surface area contributed by atoms with E-state index in [9.17, 15) is 4.39 Å². The van der Waals surface area contributed by atoms with Gasteiger partial charge in [0.05, 0.1) is 0 Å². The van der Waals surface area contributed by atoms with Gasteiger partial charge in [-0.25, -0.2) is 9.37 Å². The van der Waals surface area contributed by atoms with Gasteiger partial charge in [-0.1, -0.05) is 23.9 Å². The Balaban J connectivity index is 1.47. The van der Waals surface area contributed by atoms with Crippen LogP contribution in [0.4, 0.5) is 4.39 Å². The first-order valence-electron chi connectivity index (χ1n) is 6.89. The second-order valence-corrected chi connectivity index (χ2v) is 6.84. The third kappa shape index (κ3) is 3.16. The first-order chi connectivity index (χ1) is 11.3. The summed E-state index contributed by atoms with van der Waals surface area (Å²) in [4.78, 5) is 4.54. The van der Waals surface area contributed by atoms with Crippen LogP contribution in [0.5, 0.6) is 11.5 Å². The zero-order valence-electron chi connectivity index (χ0n) is 11.9. The number of benzene rings is 2. The Labute approximate surface area is 140 Å². The zero-order valence-corrected chi connectivity index (χ0v) is 13.5. The topological polar surface area (TPSA) is 44.2 Å². The molecule has 0 amide bonds. The highest BCUT2D eigenvalue weighted by atomic mass is 32.2. The number of halogens is 1. The lowest BCUT2D eigenvalue weighted by molar-refractivity contribution is 0.174. The molecule has 4 rings (SSSR count). The molecule has 0 fully saturated rings. The number of fused-ring (bicyclic) bond motifs is 1. The van der Waals surface area contributed by atoms with Gasteiger partial charge in [0.25, 0.3) is 0 Å². The van der Waals surface area contributed by atoms with Crippen molar-refractivity contribution in [3.8, 4) is 22.9 Å². The van der Waals surface area contributed by atoms with E-state index in [-0.39, 0.29) is 12.6 Å². The second-order valence-electron chi connectivity index (χ2n) is 4.87. The molecule has 0 bridgehead atoms. The number of aromatic nitrogens is 2. The quantitative estimate of drug-likeness (QED) is 0.657. The summed E-state index contributed by atoms with van der Waals surface area (Å²) in [6.45, 7) is 0.252. The summed E-state index contributed by atoms with van der Waals surface area (Å²) in [7, 11) is 0. The van der Waals surface area contributed by atoms with Gasteiger partial charge in [0.1, 0.15) is 5.82 Å². The number of hydrogen-bond donors (Lipinski definition) is 0. The van der Waals surface area contributed by atoms with Crippen LogP contribution in [0.2, 0.25) is 0 Å². The molecule has 0 spiro atoms. The average molecular weight is 346 g/mol. The van der Waals surface area contributed by atoms with Crippen molar-refractivity contribution in [1.29, 1.82) is 0 Å². The van der Waals surface area contributed by atoms with Crippen LogP contribution in [0.25, 0.3) is 11.4 Å². The zero-order chi connectivity index (χ0) is 15.6. The van der Waals surface area contributed by atoms with Gasteiger partial charge in [-0.05, 0) is 47.4 Å². The standard InChI is InChI=1S/C16H11FN2O2S2/c17-12-4-1-10(2-5-12)8-22-16-18-15(19-23-16)11-3-6-13-14(7-11)21-9-20-13/h1-7H,8-9H2. The normalized spacial score (nSPS) is 12.6. The number of ether oxygens (including phenoxy) is 2. The molecule has 0 saturated carbocycles. The minimum absolute atomic E-state index is 0.222. The highest BCUT2D eigenvalue weighted by Gasteiger charge is 2.16. The summed E-state index contributed by atoms with van der Waals surface area (Å²) >= 11 is 2.94. The third-order valence-electron chi connectivity index (χ3n) is 3.31. The van der Waals surface area contributed by atoms with Crippen LogP contribution in [0.15, 0.2) is 46.8 Å². The van der Waals surface area contributed by atoms with E-state index in [2.05, 4.69) is 9.36 Å². The van der Waals surface area contributed by atoms with Crippen molar-refractivity contribution < 1.29 is 13.9 Å². The van der Waals surface area contributed by atoms with E-state index in [1.807, 2.05) is 18.2 Å². The lowest BCUT2D eigenvalue weighted by Gasteiger charge is -1.99. The van der Waals surface area contributed by atoms with Gasteiger partial charge in [0, 0.05) is 11.3 Å². The van der Waals surface area contributed by atoms with Crippen molar-refractivity contribution in [2.24, 2.45) is 0 Å². The Hall–Kier alpha value is -2.12. The molecule has 116 valence electrons. The summed E-state index contributed by atoms with van der Waals surface area (Å²) < 4.78 is 28.8. The summed E-state index contributed by atoms with van der Waals surface area (Å²) in [6, 6.07) is 12.2. The largest absolute Gasteiger partial charge is 0.454 e. The molecule has 23 heavy (non-hydrogen) atoms. The lowest BCUT2D eigenvalue weighted by Crippen LogP contribution is -1.92. The van der Waals surface area contributed by atoms with Gasteiger partial charge in [-0.15, -0.1) is 0 Å². The van der Waals surface area contributed by atoms with Gasteiger partial charge < -0.3 is 9.47 Å². The van der Waals surface area contributed by atoms with Crippen molar-refractivity contribution >= 4 is 23.3 Å². The minimum Gasteiger partial charge on any atom is -0.454 e. The van der Waals surface area contributed by atoms with E-state index < -0.39 is 0 Å². The number of hydrogen-bond acceptors (Lipinski definition) is 6. The molecule has 7 heteroatoms. The predicted octanol–water partition coefficient (Wildman–Crippen LogP) is 4.37. The molecule has 0 saturated heterocycles. The Morgan fingerprint density at radius 1 is 1.09 bits per heavy atom.